The third-order valence-corrected chi connectivity index (χ3v) is 2.37. The molecule has 0 radical (unpaired) electrons. The quantitative estimate of drug-likeness (QED) is 0.842. The van der Waals surface area contributed by atoms with E-state index in [4.69, 9.17) is 22.1 Å². The summed E-state index contributed by atoms with van der Waals surface area (Å²) in [6.07, 6.45) is -0.202. The first-order valence-corrected chi connectivity index (χ1v) is 5.36. The Kier molecular flexibility index (Phi) is 5.08. The zero-order valence-corrected chi connectivity index (χ0v) is 9.83. The molecule has 16 heavy (non-hydrogen) atoms. The van der Waals surface area contributed by atoms with E-state index in [2.05, 4.69) is 5.32 Å². The van der Waals surface area contributed by atoms with Crippen LogP contribution in [-0.2, 0) is 11.2 Å². The van der Waals surface area contributed by atoms with Crippen LogP contribution in [0.3, 0.4) is 0 Å². The first-order valence-electron chi connectivity index (χ1n) is 4.98. The first-order chi connectivity index (χ1) is 7.65. The van der Waals surface area contributed by atoms with Crippen LogP contribution in [0.2, 0.25) is 5.02 Å². The van der Waals surface area contributed by atoms with Crippen molar-refractivity contribution in [2.24, 2.45) is 5.73 Å². The van der Waals surface area contributed by atoms with Crippen molar-refractivity contribution in [2.45, 2.75) is 12.5 Å². The molecule has 4 nitrogen and oxygen atoms in total. The number of carbonyl (C=O) groups is 1. The lowest BCUT2D eigenvalue weighted by Gasteiger charge is -2.15. The molecule has 0 aliphatic rings. The summed E-state index contributed by atoms with van der Waals surface area (Å²) in [5, 5.41) is 3.07. The predicted octanol–water partition coefficient (Wildman–Crippen LogP) is 1.57. The van der Waals surface area contributed by atoms with E-state index >= 15 is 0 Å². The largest absolute Gasteiger partial charge is 0.445 e. The second kappa shape index (κ2) is 6.35. The van der Waals surface area contributed by atoms with Crippen molar-refractivity contribution in [3.05, 3.63) is 34.9 Å². The van der Waals surface area contributed by atoms with Crippen molar-refractivity contribution in [3.63, 3.8) is 0 Å². The fraction of sp³-hybridized carbons (Fsp3) is 0.364. The number of ether oxygens (including phenoxy) is 1. The molecule has 0 saturated carbocycles. The number of amides is 1. The number of carbonyl (C=O) groups excluding carboxylic acids is 1. The summed E-state index contributed by atoms with van der Waals surface area (Å²) < 4.78 is 5.07. The van der Waals surface area contributed by atoms with Gasteiger partial charge in [0.05, 0.1) is 0 Å². The van der Waals surface area contributed by atoms with Gasteiger partial charge < -0.3 is 15.8 Å². The summed E-state index contributed by atoms with van der Waals surface area (Å²) in [5.41, 5.74) is 6.55. The molecular weight excluding hydrogens is 228 g/mol. The van der Waals surface area contributed by atoms with Gasteiger partial charge in [-0.25, -0.2) is 4.79 Å². The molecule has 0 saturated heterocycles. The summed E-state index contributed by atoms with van der Waals surface area (Å²) in [6.45, 7) is 0.288. The Hall–Kier alpha value is -1.26. The number of rotatable bonds is 4. The second-order valence-electron chi connectivity index (χ2n) is 3.34. The van der Waals surface area contributed by atoms with Crippen LogP contribution in [0.1, 0.15) is 5.56 Å². The zero-order valence-electron chi connectivity index (χ0n) is 9.07. The summed E-state index contributed by atoms with van der Waals surface area (Å²) in [6, 6.07) is 7.37. The molecule has 0 aliphatic carbocycles. The van der Waals surface area contributed by atoms with Gasteiger partial charge in [0.1, 0.15) is 6.10 Å². The number of nitrogens with one attached hydrogen (secondary N) is 1. The maximum absolute atomic E-state index is 11.0. The van der Waals surface area contributed by atoms with Crippen LogP contribution in [0.5, 0.6) is 0 Å². The van der Waals surface area contributed by atoms with Crippen LogP contribution in [0.25, 0.3) is 0 Å². The smallest absolute Gasteiger partial charge is 0.407 e. The van der Waals surface area contributed by atoms with Gasteiger partial charge in [0.2, 0.25) is 0 Å². The SMILES string of the molecule is CNC(=O)OC(CN)Cc1ccc(Cl)cc1. The van der Waals surface area contributed by atoms with Crippen molar-refractivity contribution in [2.75, 3.05) is 13.6 Å². The molecule has 0 fully saturated rings. The fourth-order valence-electron chi connectivity index (χ4n) is 1.27. The van der Waals surface area contributed by atoms with Gasteiger partial charge in [-0.15, -0.1) is 0 Å². The average Bonchev–Trinajstić information content (AvgIpc) is 2.30. The maximum Gasteiger partial charge on any atom is 0.407 e. The van der Waals surface area contributed by atoms with E-state index in [-0.39, 0.29) is 12.6 Å². The van der Waals surface area contributed by atoms with Crippen molar-refractivity contribution in [3.8, 4) is 0 Å². The standard InChI is InChI=1S/C11H15ClN2O2/c1-14-11(15)16-10(7-13)6-8-2-4-9(12)5-3-8/h2-5,10H,6-7,13H2,1H3,(H,14,15). The van der Waals surface area contributed by atoms with Gasteiger partial charge in [-0.05, 0) is 17.7 Å². The molecule has 88 valence electrons. The topological polar surface area (TPSA) is 64.3 Å². The highest BCUT2D eigenvalue weighted by Gasteiger charge is 2.12. The van der Waals surface area contributed by atoms with E-state index < -0.39 is 6.09 Å². The molecule has 1 rings (SSSR count). The first kappa shape index (κ1) is 12.8. The van der Waals surface area contributed by atoms with Gasteiger partial charge in [0.25, 0.3) is 0 Å². The Morgan fingerprint density at radius 3 is 2.62 bits per heavy atom. The molecule has 1 aromatic rings. The van der Waals surface area contributed by atoms with Crippen LogP contribution in [-0.4, -0.2) is 25.8 Å². The lowest BCUT2D eigenvalue weighted by Crippen LogP contribution is -2.32. The number of alkyl carbamates (subject to hydrolysis) is 1. The predicted molar refractivity (Wildman–Crippen MR) is 63.5 cm³/mol. The lowest BCUT2D eigenvalue weighted by atomic mass is 10.1. The minimum Gasteiger partial charge on any atom is -0.445 e. The van der Waals surface area contributed by atoms with Crippen molar-refractivity contribution in [1.29, 1.82) is 0 Å². The molecule has 0 heterocycles. The Labute approximate surface area is 99.7 Å². The van der Waals surface area contributed by atoms with Gasteiger partial charge in [-0.3, -0.25) is 0 Å². The van der Waals surface area contributed by atoms with Gasteiger partial charge in [0.15, 0.2) is 0 Å². The number of halogens is 1. The Bertz CT molecular complexity index is 340. The minimum atomic E-state index is -0.468. The monoisotopic (exact) mass is 242 g/mol. The molecule has 1 atom stereocenters. The van der Waals surface area contributed by atoms with Gasteiger partial charge in [0, 0.05) is 25.0 Å². The van der Waals surface area contributed by atoms with E-state index in [9.17, 15) is 4.79 Å². The highest BCUT2D eigenvalue weighted by atomic mass is 35.5. The van der Waals surface area contributed by atoms with Crippen LogP contribution in [0.4, 0.5) is 4.79 Å². The number of benzene rings is 1. The molecule has 3 N–H and O–H groups in total. The Morgan fingerprint density at radius 2 is 2.12 bits per heavy atom. The second-order valence-corrected chi connectivity index (χ2v) is 3.78. The number of nitrogens with two attached hydrogens (primary N) is 1. The van der Waals surface area contributed by atoms with Crippen molar-refractivity contribution >= 4 is 17.7 Å². The Balaban J connectivity index is 2.56. The minimum absolute atomic E-state index is 0.288. The van der Waals surface area contributed by atoms with E-state index in [1.54, 1.807) is 12.1 Å². The number of hydrogen-bond donors (Lipinski definition) is 2. The molecule has 1 aromatic carbocycles. The fourth-order valence-corrected chi connectivity index (χ4v) is 1.39. The number of hydrogen-bond acceptors (Lipinski definition) is 3. The van der Waals surface area contributed by atoms with Gasteiger partial charge >= 0.3 is 6.09 Å². The van der Waals surface area contributed by atoms with Crippen LogP contribution < -0.4 is 11.1 Å². The third kappa shape index (κ3) is 4.08. The highest BCUT2D eigenvalue weighted by molar-refractivity contribution is 6.30. The average molecular weight is 243 g/mol. The van der Waals surface area contributed by atoms with Crippen molar-refractivity contribution in [1.82, 2.24) is 5.32 Å². The summed E-state index contributed by atoms with van der Waals surface area (Å²) in [7, 11) is 1.51. The van der Waals surface area contributed by atoms with E-state index in [0.717, 1.165) is 5.56 Å². The molecular formula is C11H15ClN2O2. The van der Waals surface area contributed by atoms with E-state index in [1.165, 1.54) is 7.05 Å². The maximum atomic E-state index is 11.0. The van der Waals surface area contributed by atoms with Crippen LogP contribution in [0, 0.1) is 0 Å². The van der Waals surface area contributed by atoms with Crippen molar-refractivity contribution < 1.29 is 9.53 Å². The Morgan fingerprint density at radius 1 is 1.50 bits per heavy atom. The normalized spacial score (nSPS) is 11.9. The van der Waals surface area contributed by atoms with Crippen LogP contribution in [0.15, 0.2) is 24.3 Å². The molecule has 1 unspecified atom stereocenters. The summed E-state index contributed by atoms with van der Waals surface area (Å²) >= 11 is 5.77. The lowest BCUT2D eigenvalue weighted by molar-refractivity contribution is 0.103. The molecule has 0 aromatic heterocycles. The van der Waals surface area contributed by atoms with E-state index in [1.807, 2.05) is 12.1 Å². The molecule has 0 spiro atoms. The molecule has 1 amide bonds. The third-order valence-electron chi connectivity index (χ3n) is 2.12. The molecule has 0 aliphatic heterocycles. The van der Waals surface area contributed by atoms with Gasteiger partial charge in [-0.2, -0.15) is 0 Å². The van der Waals surface area contributed by atoms with Crippen LogP contribution >= 0.6 is 11.6 Å². The summed E-state index contributed by atoms with van der Waals surface area (Å²) in [5.74, 6) is 0. The van der Waals surface area contributed by atoms with E-state index in [0.29, 0.717) is 11.4 Å². The molecule has 0 bridgehead atoms. The highest BCUT2D eigenvalue weighted by Crippen LogP contribution is 2.11. The zero-order chi connectivity index (χ0) is 12.0. The van der Waals surface area contributed by atoms with Gasteiger partial charge in [-0.1, -0.05) is 23.7 Å². The summed E-state index contributed by atoms with van der Waals surface area (Å²) in [4.78, 5) is 11.0. The molecule has 5 heteroatoms.